The second-order valence-electron chi connectivity index (χ2n) is 6.19. The van der Waals surface area contributed by atoms with Crippen molar-refractivity contribution in [2.75, 3.05) is 6.61 Å². The van der Waals surface area contributed by atoms with Crippen LogP contribution in [0.25, 0.3) is 0 Å². The SMILES string of the molecule is C=C(OCC)/C(F)=C(/F)C(=C)C(=C)/C(F)=C(/F)C(=C)C(C)CCC(C)C=O. The van der Waals surface area contributed by atoms with Gasteiger partial charge in [0.2, 0.25) is 5.83 Å². The molecule has 0 rings (SSSR count). The minimum atomic E-state index is -1.54. The average Bonchev–Trinajstić information content (AvgIpc) is 2.67. The van der Waals surface area contributed by atoms with E-state index in [9.17, 15) is 22.4 Å². The van der Waals surface area contributed by atoms with Gasteiger partial charge in [0, 0.05) is 17.1 Å². The van der Waals surface area contributed by atoms with Crippen molar-refractivity contribution in [2.24, 2.45) is 11.8 Å². The number of ether oxygens (including phenoxy) is 1. The zero-order valence-electron chi connectivity index (χ0n) is 16.0. The number of carbonyl (C=O) groups excluding carboxylic acids is 1. The highest BCUT2D eigenvalue weighted by Crippen LogP contribution is 2.35. The molecule has 150 valence electrons. The van der Waals surface area contributed by atoms with Crippen LogP contribution in [0.2, 0.25) is 0 Å². The summed E-state index contributed by atoms with van der Waals surface area (Å²) < 4.78 is 61.4. The van der Waals surface area contributed by atoms with E-state index in [4.69, 9.17) is 4.74 Å². The van der Waals surface area contributed by atoms with E-state index < -0.39 is 46.1 Å². The Kier molecular flexibility index (Phi) is 10.4. The minimum Gasteiger partial charge on any atom is -0.491 e. The van der Waals surface area contributed by atoms with Crippen molar-refractivity contribution in [1.29, 1.82) is 0 Å². The molecular formula is C21H26F4O2. The van der Waals surface area contributed by atoms with Gasteiger partial charge in [-0.25, -0.2) is 13.2 Å². The largest absolute Gasteiger partial charge is 0.491 e. The third-order valence-corrected chi connectivity index (χ3v) is 4.01. The lowest BCUT2D eigenvalue weighted by Crippen LogP contribution is -2.05. The third-order valence-electron chi connectivity index (χ3n) is 4.01. The monoisotopic (exact) mass is 386 g/mol. The van der Waals surface area contributed by atoms with Crippen molar-refractivity contribution in [3.8, 4) is 0 Å². The van der Waals surface area contributed by atoms with Gasteiger partial charge in [-0.15, -0.1) is 0 Å². The molecule has 0 aliphatic carbocycles. The fourth-order valence-electron chi connectivity index (χ4n) is 2.00. The third kappa shape index (κ3) is 7.04. The number of hydrogen-bond donors (Lipinski definition) is 0. The molecule has 0 aromatic rings. The summed E-state index contributed by atoms with van der Waals surface area (Å²) in [5, 5.41) is 0. The van der Waals surface area contributed by atoms with E-state index in [1.54, 1.807) is 20.8 Å². The summed E-state index contributed by atoms with van der Waals surface area (Å²) in [5.74, 6) is -7.07. The Balaban J connectivity index is 5.40. The molecule has 0 heterocycles. The number of aldehydes is 1. The number of halogens is 4. The summed E-state index contributed by atoms with van der Waals surface area (Å²) in [6.45, 7) is 18.1. The van der Waals surface area contributed by atoms with Crippen molar-refractivity contribution in [2.45, 2.75) is 33.6 Å². The van der Waals surface area contributed by atoms with E-state index in [0.717, 1.165) is 6.29 Å². The van der Waals surface area contributed by atoms with Gasteiger partial charge in [0.05, 0.1) is 6.61 Å². The Bertz CT molecular complexity index is 686. The molecule has 0 saturated heterocycles. The van der Waals surface area contributed by atoms with E-state index in [1.807, 2.05) is 0 Å². The number of allylic oxidation sites excluding steroid dienone is 7. The maximum absolute atomic E-state index is 14.4. The lowest BCUT2D eigenvalue weighted by Gasteiger charge is -2.16. The van der Waals surface area contributed by atoms with Gasteiger partial charge in [0.25, 0.3) is 0 Å². The number of carbonyl (C=O) groups is 1. The predicted octanol–water partition coefficient (Wildman–Crippen LogP) is 6.76. The first-order valence-corrected chi connectivity index (χ1v) is 8.45. The lowest BCUT2D eigenvalue weighted by atomic mass is 9.91. The van der Waals surface area contributed by atoms with E-state index in [1.165, 1.54) is 0 Å². The molecular weight excluding hydrogens is 360 g/mol. The van der Waals surface area contributed by atoms with Crippen molar-refractivity contribution >= 4 is 6.29 Å². The molecule has 6 heteroatoms. The summed E-state index contributed by atoms with van der Waals surface area (Å²) >= 11 is 0. The molecule has 0 aliphatic rings. The molecule has 0 bridgehead atoms. The van der Waals surface area contributed by atoms with Crippen LogP contribution in [0.1, 0.15) is 33.6 Å². The van der Waals surface area contributed by atoms with Gasteiger partial charge < -0.3 is 9.53 Å². The van der Waals surface area contributed by atoms with Crippen LogP contribution < -0.4 is 0 Å². The summed E-state index contributed by atoms with van der Waals surface area (Å²) in [5.41, 5.74) is -1.68. The van der Waals surface area contributed by atoms with Crippen LogP contribution in [-0.2, 0) is 9.53 Å². The standard InChI is InChI=1S/C21H26F4O2/c1-8-27-17(7)21(25)20(24)16(6)15(5)19(23)18(22)14(4)13(3)10-9-12(2)11-26/h11-13H,4-10H2,1-3H3/b19-18-,21-20-. The molecule has 0 radical (unpaired) electrons. The molecule has 2 unspecified atom stereocenters. The topological polar surface area (TPSA) is 26.3 Å². The molecule has 0 aromatic heterocycles. The van der Waals surface area contributed by atoms with Crippen molar-refractivity contribution < 1.29 is 27.1 Å². The van der Waals surface area contributed by atoms with Crippen LogP contribution in [0.4, 0.5) is 17.6 Å². The van der Waals surface area contributed by atoms with Gasteiger partial charge in [-0.05, 0) is 31.3 Å². The normalized spacial score (nSPS) is 15.1. The molecule has 2 atom stereocenters. The molecule has 0 saturated carbocycles. The van der Waals surface area contributed by atoms with Crippen LogP contribution in [-0.4, -0.2) is 12.9 Å². The Morgan fingerprint density at radius 1 is 0.889 bits per heavy atom. The average molecular weight is 386 g/mol. The first-order valence-electron chi connectivity index (χ1n) is 8.45. The number of hydrogen-bond acceptors (Lipinski definition) is 2. The quantitative estimate of drug-likeness (QED) is 0.160. The van der Waals surface area contributed by atoms with Crippen LogP contribution in [0.3, 0.4) is 0 Å². The highest BCUT2D eigenvalue weighted by atomic mass is 19.2. The molecule has 0 aromatic carbocycles. The minimum absolute atomic E-state index is 0.0519. The Hall–Kier alpha value is -2.37. The number of rotatable bonds is 12. The molecule has 0 spiro atoms. The van der Waals surface area contributed by atoms with Gasteiger partial charge in [0.1, 0.15) is 6.29 Å². The lowest BCUT2D eigenvalue weighted by molar-refractivity contribution is -0.110. The molecule has 27 heavy (non-hydrogen) atoms. The second kappa shape index (κ2) is 11.4. The van der Waals surface area contributed by atoms with Crippen LogP contribution >= 0.6 is 0 Å². The molecule has 2 nitrogen and oxygen atoms in total. The Morgan fingerprint density at radius 2 is 1.37 bits per heavy atom. The van der Waals surface area contributed by atoms with Gasteiger partial charge in [-0.1, -0.05) is 40.2 Å². The fraction of sp³-hybridized carbons (Fsp3) is 0.381. The summed E-state index contributed by atoms with van der Waals surface area (Å²) in [6.07, 6.45) is 1.66. The van der Waals surface area contributed by atoms with Crippen molar-refractivity contribution in [3.63, 3.8) is 0 Å². The highest BCUT2D eigenvalue weighted by Gasteiger charge is 2.23. The van der Waals surface area contributed by atoms with Crippen molar-refractivity contribution in [1.82, 2.24) is 0 Å². The first-order chi connectivity index (χ1) is 12.5. The first kappa shape index (κ1) is 24.6. The molecule has 0 aliphatic heterocycles. The zero-order chi connectivity index (χ0) is 21.3. The Morgan fingerprint density at radius 3 is 1.81 bits per heavy atom. The van der Waals surface area contributed by atoms with Crippen LogP contribution in [0.15, 0.2) is 72.1 Å². The molecule has 0 amide bonds. The van der Waals surface area contributed by atoms with E-state index in [0.29, 0.717) is 12.8 Å². The maximum Gasteiger partial charge on any atom is 0.200 e. The maximum atomic E-state index is 14.4. The highest BCUT2D eigenvalue weighted by molar-refractivity contribution is 5.54. The van der Waals surface area contributed by atoms with Crippen LogP contribution in [0, 0.1) is 11.8 Å². The molecule has 0 fully saturated rings. The van der Waals surface area contributed by atoms with Gasteiger partial charge in [0.15, 0.2) is 23.2 Å². The zero-order valence-corrected chi connectivity index (χ0v) is 16.0. The summed E-state index contributed by atoms with van der Waals surface area (Å²) in [6, 6.07) is 0. The van der Waals surface area contributed by atoms with Crippen molar-refractivity contribution in [3.05, 3.63) is 72.1 Å². The van der Waals surface area contributed by atoms with Gasteiger partial charge in [-0.2, -0.15) is 4.39 Å². The molecule has 0 N–H and O–H groups in total. The fourth-order valence-corrected chi connectivity index (χ4v) is 2.00. The Labute approximate surface area is 158 Å². The van der Waals surface area contributed by atoms with E-state index in [-0.39, 0.29) is 18.1 Å². The summed E-state index contributed by atoms with van der Waals surface area (Å²) in [4.78, 5) is 10.6. The van der Waals surface area contributed by atoms with Crippen LogP contribution in [0.5, 0.6) is 0 Å². The van der Waals surface area contributed by atoms with E-state index >= 15 is 0 Å². The van der Waals surface area contributed by atoms with Gasteiger partial charge in [-0.3, -0.25) is 0 Å². The summed E-state index contributed by atoms with van der Waals surface area (Å²) in [7, 11) is 0. The smallest absolute Gasteiger partial charge is 0.200 e. The van der Waals surface area contributed by atoms with E-state index in [2.05, 4.69) is 26.3 Å². The predicted molar refractivity (Wildman–Crippen MR) is 100 cm³/mol. The second-order valence-corrected chi connectivity index (χ2v) is 6.19. The van der Waals surface area contributed by atoms with Gasteiger partial charge >= 0.3 is 0 Å².